The highest BCUT2D eigenvalue weighted by molar-refractivity contribution is 6.07. The third-order valence-electron chi connectivity index (χ3n) is 7.38. The summed E-state index contributed by atoms with van der Waals surface area (Å²) >= 11 is 0. The lowest BCUT2D eigenvalue weighted by molar-refractivity contribution is 0.0948. The third-order valence-corrected chi connectivity index (χ3v) is 7.38. The number of amides is 2. The van der Waals surface area contributed by atoms with E-state index in [1.807, 2.05) is 6.07 Å². The van der Waals surface area contributed by atoms with E-state index in [0.717, 1.165) is 57.5 Å². The summed E-state index contributed by atoms with van der Waals surface area (Å²) in [7, 11) is 1.56. The predicted octanol–water partition coefficient (Wildman–Crippen LogP) is 4.98. The molecule has 5 rings (SSSR count). The molecular weight excluding hydrogens is 494 g/mol. The number of unbranched alkanes of at least 4 members (excludes halogenated alkanes) is 1. The van der Waals surface area contributed by atoms with Crippen molar-refractivity contribution >= 4 is 28.9 Å². The van der Waals surface area contributed by atoms with E-state index < -0.39 is 0 Å². The molecule has 3 aromatic rings. The SMILES string of the molecule is CCCCNC(=O)c1cc(NC(=O)c2coc(C3CC3)n2)c(N2CCN(c3ccccc3C)CC2)cc1OC. The number of carbonyl (C=O) groups is 2. The Morgan fingerprint density at radius 2 is 1.77 bits per heavy atom. The molecule has 1 aliphatic heterocycles. The van der Waals surface area contributed by atoms with Crippen molar-refractivity contribution in [3.8, 4) is 5.75 Å². The lowest BCUT2D eigenvalue weighted by atomic mass is 10.1. The third kappa shape index (κ3) is 6.02. The number of para-hydroxylation sites is 1. The molecule has 0 atom stereocenters. The number of aryl methyl sites for hydroxylation is 1. The van der Waals surface area contributed by atoms with Crippen LogP contribution in [0.25, 0.3) is 0 Å². The van der Waals surface area contributed by atoms with Gasteiger partial charge in [0.1, 0.15) is 12.0 Å². The Balaban J connectivity index is 1.41. The van der Waals surface area contributed by atoms with Crippen molar-refractivity contribution in [3.63, 3.8) is 0 Å². The quantitative estimate of drug-likeness (QED) is 0.356. The Bertz CT molecular complexity index is 1320. The Morgan fingerprint density at radius 3 is 2.44 bits per heavy atom. The van der Waals surface area contributed by atoms with Gasteiger partial charge in [-0.3, -0.25) is 9.59 Å². The van der Waals surface area contributed by atoms with Crippen LogP contribution in [0.15, 0.2) is 47.1 Å². The Hall–Kier alpha value is -4.01. The van der Waals surface area contributed by atoms with Crippen molar-refractivity contribution in [3.05, 3.63) is 65.4 Å². The minimum Gasteiger partial charge on any atom is -0.496 e. The number of anilines is 3. The Kier molecular flexibility index (Phi) is 8.05. The van der Waals surface area contributed by atoms with Crippen molar-refractivity contribution < 1.29 is 18.7 Å². The molecular formula is C30H37N5O4. The highest BCUT2D eigenvalue weighted by Gasteiger charge is 2.30. The van der Waals surface area contributed by atoms with Crippen LogP contribution in [-0.2, 0) is 0 Å². The van der Waals surface area contributed by atoms with E-state index >= 15 is 0 Å². The van der Waals surface area contributed by atoms with E-state index in [-0.39, 0.29) is 17.5 Å². The van der Waals surface area contributed by atoms with Crippen LogP contribution in [0, 0.1) is 6.92 Å². The molecule has 1 saturated carbocycles. The molecule has 2 aliphatic rings. The monoisotopic (exact) mass is 531 g/mol. The molecule has 1 saturated heterocycles. The van der Waals surface area contributed by atoms with Crippen molar-refractivity contribution in [2.75, 3.05) is 55.0 Å². The minimum atomic E-state index is -0.368. The van der Waals surface area contributed by atoms with Crippen molar-refractivity contribution in [1.82, 2.24) is 10.3 Å². The molecule has 2 N–H and O–H groups in total. The predicted molar refractivity (Wildman–Crippen MR) is 152 cm³/mol. The van der Waals surface area contributed by atoms with Gasteiger partial charge in [0.05, 0.1) is 24.0 Å². The van der Waals surface area contributed by atoms with Gasteiger partial charge in [-0.05, 0) is 43.9 Å². The number of piperazine rings is 1. The maximum Gasteiger partial charge on any atom is 0.277 e. The summed E-state index contributed by atoms with van der Waals surface area (Å²) in [6, 6.07) is 12.0. The van der Waals surface area contributed by atoms with E-state index in [1.54, 1.807) is 13.2 Å². The summed E-state index contributed by atoms with van der Waals surface area (Å²) in [6.07, 6.45) is 5.35. The fourth-order valence-corrected chi connectivity index (χ4v) is 4.95. The normalized spacial score (nSPS) is 15.3. The molecule has 0 radical (unpaired) electrons. The second-order valence-corrected chi connectivity index (χ2v) is 10.2. The summed E-state index contributed by atoms with van der Waals surface area (Å²) in [5.74, 6) is 0.789. The fourth-order valence-electron chi connectivity index (χ4n) is 4.95. The fraction of sp³-hybridized carbons (Fsp3) is 0.433. The first kappa shape index (κ1) is 26.6. The van der Waals surface area contributed by atoms with Crippen LogP contribution < -0.4 is 25.2 Å². The number of nitrogens with one attached hydrogen (secondary N) is 2. The second kappa shape index (κ2) is 11.8. The minimum absolute atomic E-state index is 0.232. The largest absolute Gasteiger partial charge is 0.496 e. The van der Waals surface area contributed by atoms with E-state index in [4.69, 9.17) is 9.15 Å². The molecule has 2 aromatic carbocycles. The molecule has 0 unspecified atom stereocenters. The number of ether oxygens (including phenoxy) is 1. The molecule has 2 fully saturated rings. The van der Waals surface area contributed by atoms with E-state index in [0.29, 0.717) is 35.4 Å². The number of aromatic nitrogens is 1. The number of rotatable bonds is 10. The number of benzene rings is 2. The average Bonchev–Trinajstić information content (AvgIpc) is 3.69. The van der Waals surface area contributed by atoms with Gasteiger partial charge in [0, 0.05) is 50.4 Å². The van der Waals surface area contributed by atoms with Crippen molar-refractivity contribution in [2.24, 2.45) is 0 Å². The summed E-state index contributed by atoms with van der Waals surface area (Å²) in [6.45, 7) is 7.93. The van der Waals surface area contributed by atoms with E-state index in [1.165, 1.54) is 17.5 Å². The molecule has 9 heteroatoms. The maximum absolute atomic E-state index is 13.2. The summed E-state index contributed by atoms with van der Waals surface area (Å²) < 4.78 is 11.2. The number of hydrogen-bond acceptors (Lipinski definition) is 7. The summed E-state index contributed by atoms with van der Waals surface area (Å²) in [5, 5.41) is 5.97. The Morgan fingerprint density at radius 1 is 1.05 bits per heavy atom. The van der Waals surface area contributed by atoms with Crippen molar-refractivity contribution in [2.45, 2.75) is 45.4 Å². The van der Waals surface area contributed by atoms with Gasteiger partial charge in [-0.15, -0.1) is 0 Å². The molecule has 2 amide bonds. The van der Waals surface area contributed by atoms with Gasteiger partial charge >= 0.3 is 0 Å². The Labute approximate surface area is 229 Å². The van der Waals surface area contributed by atoms with Gasteiger partial charge in [0.2, 0.25) is 0 Å². The molecule has 39 heavy (non-hydrogen) atoms. The van der Waals surface area contributed by atoms with Gasteiger partial charge in [-0.25, -0.2) is 4.98 Å². The second-order valence-electron chi connectivity index (χ2n) is 10.2. The van der Waals surface area contributed by atoms with Gasteiger partial charge in [0.25, 0.3) is 11.8 Å². The van der Waals surface area contributed by atoms with Crippen LogP contribution in [0.5, 0.6) is 5.75 Å². The van der Waals surface area contributed by atoms with Crippen LogP contribution >= 0.6 is 0 Å². The van der Waals surface area contributed by atoms with Crippen molar-refractivity contribution in [1.29, 1.82) is 0 Å². The zero-order valence-electron chi connectivity index (χ0n) is 23.0. The molecule has 0 spiro atoms. The van der Waals surface area contributed by atoms with Gasteiger partial charge in [0.15, 0.2) is 11.6 Å². The van der Waals surface area contributed by atoms with Crippen LogP contribution in [-0.4, -0.2) is 56.6 Å². The highest BCUT2D eigenvalue weighted by Crippen LogP contribution is 2.39. The zero-order valence-corrected chi connectivity index (χ0v) is 23.0. The van der Waals surface area contributed by atoms with Crippen LogP contribution in [0.2, 0.25) is 0 Å². The highest BCUT2D eigenvalue weighted by atomic mass is 16.5. The number of oxazole rings is 1. The maximum atomic E-state index is 13.2. The van der Waals surface area contributed by atoms with Gasteiger partial charge in [-0.2, -0.15) is 0 Å². The lowest BCUT2D eigenvalue weighted by Gasteiger charge is -2.38. The molecule has 1 aromatic heterocycles. The van der Waals surface area contributed by atoms with Crippen LogP contribution in [0.1, 0.15) is 70.8 Å². The first-order valence-electron chi connectivity index (χ1n) is 13.8. The van der Waals surface area contributed by atoms with Crippen LogP contribution in [0.4, 0.5) is 17.1 Å². The number of methoxy groups -OCH3 is 1. The molecule has 0 bridgehead atoms. The first-order valence-corrected chi connectivity index (χ1v) is 13.8. The smallest absolute Gasteiger partial charge is 0.277 e. The zero-order chi connectivity index (χ0) is 27.4. The molecule has 206 valence electrons. The first-order chi connectivity index (χ1) is 19.0. The molecule has 1 aliphatic carbocycles. The van der Waals surface area contributed by atoms with E-state index in [9.17, 15) is 9.59 Å². The molecule has 2 heterocycles. The standard InChI is InChI=1S/C30H37N5O4/c1-4-5-12-31-28(36)22-17-23(32-29(37)24-19-39-30(33-24)21-10-11-21)26(18-27(22)38-3)35-15-13-34(14-16-35)25-9-7-6-8-20(25)2/h6-9,17-19,21H,4-5,10-16H2,1-3H3,(H,31,36)(H,32,37). The number of nitrogens with zero attached hydrogens (tertiary/aromatic N) is 3. The van der Waals surface area contributed by atoms with Gasteiger partial charge in [-0.1, -0.05) is 31.5 Å². The van der Waals surface area contributed by atoms with E-state index in [2.05, 4.69) is 63.5 Å². The average molecular weight is 532 g/mol. The van der Waals surface area contributed by atoms with Gasteiger partial charge < -0.3 is 29.6 Å². The molecule has 9 nitrogen and oxygen atoms in total. The topological polar surface area (TPSA) is 99.9 Å². The number of carbonyl (C=O) groups excluding carboxylic acids is 2. The summed E-state index contributed by atoms with van der Waals surface area (Å²) in [5.41, 5.74) is 4.45. The number of hydrogen-bond donors (Lipinski definition) is 2. The van der Waals surface area contributed by atoms with Crippen LogP contribution in [0.3, 0.4) is 0 Å². The lowest BCUT2D eigenvalue weighted by Crippen LogP contribution is -2.47. The summed E-state index contributed by atoms with van der Waals surface area (Å²) in [4.78, 5) is 35.3.